The van der Waals surface area contributed by atoms with Crippen molar-refractivity contribution in [3.63, 3.8) is 0 Å². The molecule has 3 aromatic rings. The third-order valence-corrected chi connectivity index (χ3v) is 4.19. The second-order valence-corrected chi connectivity index (χ2v) is 6.33. The number of hydrogen-bond donors (Lipinski definition) is 1. The van der Waals surface area contributed by atoms with Crippen LogP contribution in [0.5, 0.6) is 5.75 Å². The molecular weight excluding hydrogens is 385 g/mol. The van der Waals surface area contributed by atoms with Crippen molar-refractivity contribution in [3.8, 4) is 5.75 Å². The number of hydrogen-bond acceptors (Lipinski definition) is 4. The van der Waals surface area contributed by atoms with E-state index in [-0.39, 0.29) is 0 Å². The molecule has 0 saturated carbocycles. The van der Waals surface area contributed by atoms with Gasteiger partial charge in [0.05, 0.1) is 7.11 Å². The minimum Gasteiger partial charge on any atom is -0.497 e. The van der Waals surface area contributed by atoms with Crippen molar-refractivity contribution in [1.82, 2.24) is 0 Å². The molecule has 3 rings (SSSR count). The topological polar surface area (TPSA) is 64.6 Å². The summed E-state index contributed by atoms with van der Waals surface area (Å²) in [5.41, 5.74) is 1.66. The molecule has 1 amide bonds. The van der Waals surface area contributed by atoms with E-state index < -0.39 is 23.8 Å². The minimum atomic E-state index is -1.17. The van der Waals surface area contributed by atoms with Crippen LogP contribution in [0, 0.1) is 5.82 Å². The second-order valence-electron chi connectivity index (χ2n) is 6.33. The fourth-order valence-corrected chi connectivity index (χ4v) is 2.71. The maximum atomic E-state index is 13.1. The van der Waals surface area contributed by atoms with E-state index >= 15 is 0 Å². The monoisotopic (exact) mass is 405 g/mol. The maximum absolute atomic E-state index is 13.1. The van der Waals surface area contributed by atoms with Gasteiger partial charge in [0, 0.05) is 17.3 Å². The fraction of sp³-hybridized carbons (Fsp3) is 0.0833. The number of benzene rings is 3. The number of anilines is 1. The lowest BCUT2D eigenvalue weighted by atomic mass is 10.1. The second kappa shape index (κ2) is 10.0. The molecule has 0 unspecified atom stereocenters. The van der Waals surface area contributed by atoms with Crippen molar-refractivity contribution in [2.24, 2.45) is 0 Å². The summed E-state index contributed by atoms with van der Waals surface area (Å²) < 4.78 is 23.7. The highest BCUT2D eigenvalue weighted by Crippen LogP contribution is 2.21. The van der Waals surface area contributed by atoms with Crippen LogP contribution in [0.15, 0.2) is 84.9 Å². The number of amides is 1. The Labute approximate surface area is 173 Å². The van der Waals surface area contributed by atoms with E-state index in [9.17, 15) is 14.0 Å². The van der Waals surface area contributed by atoms with Crippen LogP contribution in [-0.4, -0.2) is 19.0 Å². The molecule has 0 fully saturated rings. The zero-order valence-corrected chi connectivity index (χ0v) is 16.2. The van der Waals surface area contributed by atoms with Crippen LogP contribution >= 0.6 is 0 Å². The van der Waals surface area contributed by atoms with Crippen molar-refractivity contribution in [1.29, 1.82) is 0 Å². The lowest BCUT2D eigenvalue weighted by molar-refractivity contribution is -0.149. The van der Waals surface area contributed by atoms with Gasteiger partial charge in [0.1, 0.15) is 11.6 Å². The largest absolute Gasteiger partial charge is 0.497 e. The SMILES string of the molecule is COc1cccc(/C=C/C(=O)O[C@@H](C(=O)Nc2ccc(F)cc2)c2ccccc2)c1. The number of esters is 1. The Morgan fingerprint density at radius 3 is 2.40 bits per heavy atom. The van der Waals surface area contributed by atoms with E-state index in [0.717, 1.165) is 5.56 Å². The molecule has 0 radical (unpaired) electrons. The lowest BCUT2D eigenvalue weighted by Crippen LogP contribution is -2.25. The van der Waals surface area contributed by atoms with Gasteiger partial charge in [0.2, 0.25) is 6.10 Å². The number of carbonyl (C=O) groups excluding carboxylic acids is 2. The van der Waals surface area contributed by atoms with E-state index in [1.54, 1.807) is 61.7 Å². The van der Waals surface area contributed by atoms with Gasteiger partial charge >= 0.3 is 5.97 Å². The van der Waals surface area contributed by atoms with E-state index in [4.69, 9.17) is 9.47 Å². The molecule has 0 aliphatic rings. The smallest absolute Gasteiger partial charge is 0.331 e. The van der Waals surface area contributed by atoms with Gasteiger partial charge in [-0.05, 0) is 48.0 Å². The average Bonchev–Trinajstić information content (AvgIpc) is 2.78. The summed E-state index contributed by atoms with van der Waals surface area (Å²) in [6.07, 6.45) is 1.65. The molecule has 0 aliphatic heterocycles. The Kier molecular flexibility index (Phi) is 6.95. The van der Waals surface area contributed by atoms with Crippen molar-refractivity contribution in [3.05, 3.63) is 102 Å². The highest BCUT2D eigenvalue weighted by molar-refractivity contribution is 5.97. The van der Waals surface area contributed by atoms with E-state index in [2.05, 4.69) is 5.32 Å². The van der Waals surface area contributed by atoms with E-state index in [1.807, 2.05) is 6.07 Å². The average molecular weight is 405 g/mol. The van der Waals surface area contributed by atoms with Crippen LogP contribution in [0.4, 0.5) is 10.1 Å². The van der Waals surface area contributed by atoms with Crippen LogP contribution in [0.25, 0.3) is 6.08 Å². The van der Waals surface area contributed by atoms with Crippen molar-refractivity contribution >= 4 is 23.6 Å². The van der Waals surface area contributed by atoms with Gasteiger partial charge < -0.3 is 14.8 Å². The highest BCUT2D eigenvalue weighted by Gasteiger charge is 2.24. The van der Waals surface area contributed by atoms with Gasteiger partial charge in [-0.25, -0.2) is 9.18 Å². The van der Waals surface area contributed by atoms with Gasteiger partial charge in [-0.2, -0.15) is 0 Å². The molecule has 0 spiro atoms. The van der Waals surface area contributed by atoms with Crippen LogP contribution in [-0.2, 0) is 14.3 Å². The molecule has 0 bridgehead atoms. The molecule has 0 aliphatic carbocycles. The zero-order valence-electron chi connectivity index (χ0n) is 16.2. The molecule has 1 atom stereocenters. The van der Waals surface area contributed by atoms with E-state index in [1.165, 1.54) is 30.3 Å². The number of carbonyl (C=O) groups is 2. The number of halogens is 1. The van der Waals surface area contributed by atoms with Gasteiger partial charge in [-0.1, -0.05) is 42.5 Å². The van der Waals surface area contributed by atoms with Gasteiger partial charge in [0.15, 0.2) is 0 Å². The first-order chi connectivity index (χ1) is 14.5. The molecule has 0 aromatic heterocycles. The predicted molar refractivity (Wildman–Crippen MR) is 112 cm³/mol. The molecule has 1 N–H and O–H groups in total. The summed E-state index contributed by atoms with van der Waals surface area (Å²) >= 11 is 0. The third-order valence-electron chi connectivity index (χ3n) is 4.19. The first kappa shape index (κ1) is 20.8. The van der Waals surface area contributed by atoms with Crippen LogP contribution < -0.4 is 10.1 Å². The van der Waals surface area contributed by atoms with Crippen molar-refractivity contribution < 1.29 is 23.5 Å². The summed E-state index contributed by atoms with van der Waals surface area (Å²) in [6.45, 7) is 0. The summed E-state index contributed by atoms with van der Waals surface area (Å²) in [5.74, 6) is -0.982. The number of ether oxygens (including phenoxy) is 2. The zero-order chi connectivity index (χ0) is 21.3. The fourth-order valence-electron chi connectivity index (χ4n) is 2.71. The van der Waals surface area contributed by atoms with Gasteiger partial charge in [-0.15, -0.1) is 0 Å². The minimum absolute atomic E-state index is 0.394. The molecular formula is C24H20FNO4. The molecule has 0 saturated heterocycles. The maximum Gasteiger partial charge on any atom is 0.331 e. The summed E-state index contributed by atoms with van der Waals surface area (Å²) in [6, 6.07) is 21.1. The molecule has 5 nitrogen and oxygen atoms in total. The van der Waals surface area contributed by atoms with Gasteiger partial charge in [-0.3, -0.25) is 4.79 Å². The normalized spacial score (nSPS) is 11.7. The summed E-state index contributed by atoms with van der Waals surface area (Å²) in [4.78, 5) is 25.2. The Morgan fingerprint density at radius 2 is 1.70 bits per heavy atom. The molecule has 6 heteroatoms. The first-order valence-electron chi connectivity index (χ1n) is 9.19. The Bertz CT molecular complexity index is 1030. The van der Waals surface area contributed by atoms with Crippen LogP contribution in [0.2, 0.25) is 0 Å². The van der Waals surface area contributed by atoms with Crippen molar-refractivity contribution in [2.45, 2.75) is 6.10 Å². The third kappa shape index (κ3) is 5.78. The number of methoxy groups -OCH3 is 1. The van der Waals surface area contributed by atoms with Gasteiger partial charge in [0.25, 0.3) is 5.91 Å². The predicted octanol–water partition coefficient (Wildman–Crippen LogP) is 4.77. The summed E-state index contributed by atoms with van der Waals surface area (Å²) in [7, 11) is 1.56. The Hall–Kier alpha value is -3.93. The number of nitrogens with one attached hydrogen (secondary N) is 1. The standard InChI is InChI=1S/C24H20FNO4/c1-29-21-9-5-6-17(16-21)10-15-22(27)30-23(18-7-3-2-4-8-18)24(28)26-20-13-11-19(25)12-14-20/h2-16,23H,1H3,(H,26,28)/b15-10+/t23-/m1/s1. The van der Waals surface area contributed by atoms with Crippen molar-refractivity contribution in [2.75, 3.05) is 12.4 Å². The molecule has 3 aromatic carbocycles. The lowest BCUT2D eigenvalue weighted by Gasteiger charge is -2.17. The number of rotatable bonds is 7. The van der Waals surface area contributed by atoms with Crippen LogP contribution in [0.1, 0.15) is 17.2 Å². The molecule has 30 heavy (non-hydrogen) atoms. The quantitative estimate of drug-likeness (QED) is 0.454. The highest BCUT2D eigenvalue weighted by atomic mass is 19.1. The Morgan fingerprint density at radius 1 is 0.967 bits per heavy atom. The Balaban J connectivity index is 1.75. The summed E-state index contributed by atoms with van der Waals surface area (Å²) in [5, 5.41) is 2.64. The molecule has 0 heterocycles. The first-order valence-corrected chi connectivity index (χ1v) is 9.19. The molecule has 152 valence electrons. The van der Waals surface area contributed by atoms with E-state index in [0.29, 0.717) is 17.0 Å². The van der Waals surface area contributed by atoms with Crippen LogP contribution in [0.3, 0.4) is 0 Å².